The summed E-state index contributed by atoms with van der Waals surface area (Å²) >= 11 is 1.76. The van der Waals surface area contributed by atoms with Crippen LogP contribution in [0.3, 0.4) is 0 Å². The van der Waals surface area contributed by atoms with Gasteiger partial charge in [0, 0.05) is 10.1 Å². The van der Waals surface area contributed by atoms with E-state index >= 15 is 0 Å². The van der Waals surface area contributed by atoms with Crippen LogP contribution in [-0.2, 0) is 11.2 Å². The van der Waals surface area contributed by atoms with E-state index in [2.05, 4.69) is 17.1 Å². The number of nitrogen functional groups attached to an aromatic ring is 1. The Labute approximate surface area is 127 Å². The van der Waals surface area contributed by atoms with E-state index in [1.165, 1.54) is 16.7 Å². The molecule has 2 aromatic rings. The zero-order valence-corrected chi connectivity index (χ0v) is 12.5. The zero-order chi connectivity index (χ0) is 14.8. The Morgan fingerprint density at radius 2 is 2.29 bits per heavy atom. The van der Waals surface area contributed by atoms with Crippen molar-refractivity contribution in [3.8, 4) is 0 Å². The normalized spacial score (nSPS) is 16.5. The monoisotopic (exact) mass is 300 g/mol. The van der Waals surface area contributed by atoms with Crippen molar-refractivity contribution in [3.63, 3.8) is 0 Å². The van der Waals surface area contributed by atoms with Gasteiger partial charge in [0.2, 0.25) is 0 Å². The molecule has 1 aromatic heterocycles. The van der Waals surface area contributed by atoms with Crippen LogP contribution in [-0.4, -0.2) is 22.8 Å². The van der Waals surface area contributed by atoms with Crippen LogP contribution in [0.2, 0.25) is 0 Å². The second-order valence-electron chi connectivity index (χ2n) is 5.05. The molecular weight excluding hydrogens is 284 g/mol. The van der Waals surface area contributed by atoms with Gasteiger partial charge in [0.05, 0.1) is 23.1 Å². The number of rotatable bonds is 3. The molecular formula is C16H16N2O2S. The number of nitrogens with zero attached hydrogens (tertiary/aromatic N) is 1. The number of pyridine rings is 1. The van der Waals surface area contributed by atoms with Gasteiger partial charge in [0.15, 0.2) is 0 Å². The molecule has 0 saturated carbocycles. The first-order valence-electron chi connectivity index (χ1n) is 6.77. The molecule has 1 aromatic carbocycles. The van der Waals surface area contributed by atoms with Crippen molar-refractivity contribution in [2.45, 2.75) is 23.5 Å². The highest BCUT2D eigenvalue weighted by molar-refractivity contribution is 8.00. The van der Waals surface area contributed by atoms with Gasteiger partial charge in [-0.3, -0.25) is 4.98 Å². The molecule has 1 atom stereocenters. The number of anilines is 1. The second kappa shape index (κ2) is 5.77. The van der Waals surface area contributed by atoms with Crippen LogP contribution in [0.25, 0.3) is 0 Å². The Kier molecular flexibility index (Phi) is 3.84. The van der Waals surface area contributed by atoms with E-state index < -0.39 is 0 Å². The minimum Gasteiger partial charge on any atom is -0.461 e. The van der Waals surface area contributed by atoms with Gasteiger partial charge in [0.1, 0.15) is 6.61 Å². The SMILES string of the molecule is Cc1ncc(N)cc1C(=O)OCC1Cc2ccccc2S1. The lowest BCUT2D eigenvalue weighted by Crippen LogP contribution is -2.17. The quantitative estimate of drug-likeness (QED) is 0.883. The maximum Gasteiger partial charge on any atom is 0.340 e. The van der Waals surface area contributed by atoms with Crippen molar-refractivity contribution in [2.24, 2.45) is 0 Å². The standard InChI is InChI=1S/C16H16N2O2S/c1-10-14(7-12(17)8-18-10)16(19)20-9-13-6-11-4-2-3-5-15(11)21-13/h2-5,7-8,13H,6,9,17H2,1H3. The Hall–Kier alpha value is -2.01. The number of carbonyl (C=O) groups is 1. The molecule has 21 heavy (non-hydrogen) atoms. The number of carbonyl (C=O) groups excluding carboxylic acids is 1. The summed E-state index contributed by atoms with van der Waals surface area (Å²) in [5.74, 6) is -0.358. The van der Waals surface area contributed by atoms with E-state index in [4.69, 9.17) is 10.5 Å². The minimum atomic E-state index is -0.358. The third-order valence-corrected chi connectivity index (χ3v) is 4.73. The number of benzene rings is 1. The maximum atomic E-state index is 12.1. The summed E-state index contributed by atoms with van der Waals surface area (Å²) in [6.45, 7) is 2.17. The van der Waals surface area contributed by atoms with Gasteiger partial charge in [-0.15, -0.1) is 11.8 Å². The molecule has 0 aliphatic carbocycles. The Morgan fingerprint density at radius 1 is 1.48 bits per heavy atom. The van der Waals surface area contributed by atoms with Crippen molar-refractivity contribution in [1.82, 2.24) is 4.98 Å². The predicted octanol–water partition coefficient (Wildman–Crippen LogP) is 2.85. The molecule has 5 heteroatoms. The second-order valence-corrected chi connectivity index (χ2v) is 6.39. The number of aromatic nitrogens is 1. The largest absolute Gasteiger partial charge is 0.461 e. The van der Waals surface area contributed by atoms with E-state index in [9.17, 15) is 4.79 Å². The molecule has 0 saturated heterocycles. The van der Waals surface area contributed by atoms with Gasteiger partial charge in [-0.25, -0.2) is 4.79 Å². The van der Waals surface area contributed by atoms with E-state index in [0.29, 0.717) is 23.6 Å². The highest BCUT2D eigenvalue weighted by Crippen LogP contribution is 2.36. The fourth-order valence-corrected chi connectivity index (χ4v) is 3.57. The molecule has 2 heterocycles. The molecule has 0 bridgehead atoms. The van der Waals surface area contributed by atoms with Crippen molar-refractivity contribution >= 4 is 23.4 Å². The Bertz CT molecular complexity index is 663. The molecule has 4 nitrogen and oxygen atoms in total. The number of nitrogens with two attached hydrogens (primary N) is 1. The summed E-state index contributed by atoms with van der Waals surface area (Å²) < 4.78 is 5.42. The summed E-state index contributed by atoms with van der Waals surface area (Å²) in [5, 5.41) is 0.278. The topological polar surface area (TPSA) is 65.2 Å². The van der Waals surface area contributed by atoms with Gasteiger partial charge in [-0.1, -0.05) is 18.2 Å². The molecule has 1 aliphatic heterocycles. The molecule has 0 radical (unpaired) electrons. The van der Waals surface area contributed by atoms with Crippen LogP contribution in [0, 0.1) is 6.92 Å². The molecule has 0 fully saturated rings. The van der Waals surface area contributed by atoms with Crippen molar-refractivity contribution in [1.29, 1.82) is 0 Å². The molecule has 2 N–H and O–H groups in total. The first kappa shape index (κ1) is 13.9. The number of thioether (sulfide) groups is 1. The molecule has 108 valence electrons. The molecule has 0 spiro atoms. The summed E-state index contributed by atoms with van der Waals surface area (Å²) in [6, 6.07) is 9.91. The van der Waals surface area contributed by atoms with Crippen molar-refractivity contribution in [2.75, 3.05) is 12.3 Å². The first-order valence-corrected chi connectivity index (χ1v) is 7.65. The van der Waals surface area contributed by atoms with Crippen LogP contribution < -0.4 is 5.73 Å². The lowest BCUT2D eigenvalue weighted by Gasteiger charge is -2.11. The van der Waals surface area contributed by atoms with Gasteiger partial charge < -0.3 is 10.5 Å². The summed E-state index contributed by atoms with van der Waals surface area (Å²) in [4.78, 5) is 17.5. The van der Waals surface area contributed by atoms with Crippen molar-refractivity contribution < 1.29 is 9.53 Å². The van der Waals surface area contributed by atoms with E-state index in [1.807, 2.05) is 12.1 Å². The number of hydrogen-bond donors (Lipinski definition) is 1. The fourth-order valence-electron chi connectivity index (χ4n) is 2.35. The Morgan fingerprint density at radius 3 is 3.10 bits per heavy atom. The molecule has 1 unspecified atom stereocenters. The third kappa shape index (κ3) is 3.03. The van der Waals surface area contributed by atoms with Crippen LogP contribution in [0.4, 0.5) is 5.69 Å². The first-order chi connectivity index (χ1) is 10.1. The Balaban J connectivity index is 1.61. The van der Waals surface area contributed by atoms with Crippen molar-refractivity contribution in [3.05, 3.63) is 53.3 Å². The predicted molar refractivity (Wildman–Crippen MR) is 83.5 cm³/mol. The highest BCUT2D eigenvalue weighted by atomic mass is 32.2. The minimum absolute atomic E-state index is 0.278. The molecule has 1 aliphatic rings. The maximum absolute atomic E-state index is 12.1. The summed E-state index contributed by atoms with van der Waals surface area (Å²) in [6.07, 6.45) is 2.47. The van der Waals surface area contributed by atoms with Gasteiger partial charge in [0.25, 0.3) is 0 Å². The average molecular weight is 300 g/mol. The number of hydrogen-bond acceptors (Lipinski definition) is 5. The summed E-state index contributed by atoms with van der Waals surface area (Å²) in [7, 11) is 0. The van der Waals surface area contributed by atoms with Crippen LogP contribution in [0.5, 0.6) is 0 Å². The fraction of sp³-hybridized carbons (Fsp3) is 0.250. The molecule has 0 amide bonds. The van der Waals surface area contributed by atoms with E-state index in [0.717, 1.165) is 6.42 Å². The van der Waals surface area contributed by atoms with Gasteiger partial charge in [-0.05, 0) is 31.0 Å². The average Bonchev–Trinajstić information content (AvgIpc) is 2.90. The lowest BCUT2D eigenvalue weighted by molar-refractivity contribution is 0.0506. The lowest BCUT2D eigenvalue weighted by atomic mass is 10.1. The zero-order valence-electron chi connectivity index (χ0n) is 11.7. The number of fused-ring (bicyclic) bond motifs is 1. The number of esters is 1. The van der Waals surface area contributed by atoms with Crippen LogP contribution in [0.1, 0.15) is 21.6 Å². The smallest absolute Gasteiger partial charge is 0.340 e. The van der Waals surface area contributed by atoms with Gasteiger partial charge >= 0.3 is 5.97 Å². The third-order valence-electron chi connectivity index (χ3n) is 3.44. The van der Waals surface area contributed by atoms with E-state index in [-0.39, 0.29) is 11.2 Å². The number of aryl methyl sites for hydroxylation is 1. The van der Waals surface area contributed by atoms with E-state index in [1.54, 1.807) is 24.8 Å². The highest BCUT2D eigenvalue weighted by Gasteiger charge is 2.23. The van der Waals surface area contributed by atoms with Gasteiger partial charge in [-0.2, -0.15) is 0 Å². The van der Waals surface area contributed by atoms with Crippen LogP contribution >= 0.6 is 11.8 Å². The number of ether oxygens (including phenoxy) is 1. The summed E-state index contributed by atoms with van der Waals surface area (Å²) in [5.41, 5.74) is 8.53. The molecule has 3 rings (SSSR count). The van der Waals surface area contributed by atoms with Crippen LogP contribution in [0.15, 0.2) is 41.4 Å².